The summed E-state index contributed by atoms with van der Waals surface area (Å²) in [6, 6.07) is 9.55. The first-order chi connectivity index (χ1) is 17.3. The lowest BCUT2D eigenvalue weighted by Crippen LogP contribution is -2.40. The molecule has 2 aromatic carbocycles. The van der Waals surface area contributed by atoms with E-state index in [0.29, 0.717) is 30.0 Å². The van der Waals surface area contributed by atoms with Gasteiger partial charge < -0.3 is 26.4 Å². The minimum atomic E-state index is -5.08. The zero-order valence-corrected chi connectivity index (χ0v) is 20.1. The summed E-state index contributed by atoms with van der Waals surface area (Å²) in [6.45, 7) is 2.88. The molecule has 0 unspecified atom stereocenters. The van der Waals surface area contributed by atoms with Gasteiger partial charge in [-0.2, -0.15) is 26.3 Å². The normalized spacial score (nSPS) is 16.0. The van der Waals surface area contributed by atoms with E-state index in [-0.39, 0.29) is 17.5 Å². The summed E-state index contributed by atoms with van der Waals surface area (Å²) < 4.78 is 72.2. The molecule has 37 heavy (non-hydrogen) atoms. The van der Waals surface area contributed by atoms with Crippen molar-refractivity contribution >= 4 is 40.7 Å². The summed E-state index contributed by atoms with van der Waals surface area (Å²) in [6.07, 6.45) is -8.25. The fraction of sp³-hybridized carbons (Fsp3) is 0.391. The van der Waals surface area contributed by atoms with Crippen molar-refractivity contribution < 1.29 is 41.0 Å². The predicted octanol–water partition coefficient (Wildman–Crippen LogP) is 5.16. The second-order valence-corrected chi connectivity index (χ2v) is 9.40. The second-order valence-electron chi connectivity index (χ2n) is 8.31. The number of carboxylic acids is 1. The average Bonchev–Trinajstić information content (AvgIpc) is 2.82. The van der Waals surface area contributed by atoms with E-state index in [9.17, 15) is 31.1 Å². The number of anilines is 3. The lowest BCUT2D eigenvalue weighted by molar-refractivity contribution is -0.192. The maximum atomic E-state index is 13.5. The highest BCUT2D eigenvalue weighted by Gasteiger charge is 2.38. The number of para-hydroxylation sites is 1. The van der Waals surface area contributed by atoms with E-state index in [1.807, 2.05) is 24.3 Å². The van der Waals surface area contributed by atoms with Gasteiger partial charge in [-0.3, -0.25) is 4.79 Å². The zero-order chi connectivity index (χ0) is 27.4. The van der Waals surface area contributed by atoms with Crippen LogP contribution in [0.4, 0.5) is 43.4 Å². The number of likely N-dealkylation sites (tertiary alicyclic amines) is 1. The molecule has 2 aliphatic rings. The number of carboxylic acid groups (broad SMARTS) is 1. The Labute approximate surface area is 212 Å². The number of piperidine rings is 1. The van der Waals surface area contributed by atoms with Gasteiger partial charge in [0.1, 0.15) is 0 Å². The van der Waals surface area contributed by atoms with E-state index >= 15 is 0 Å². The molecular formula is C23H24F6N4O3S. The van der Waals surface area contributed by atoms with Gasteiger partial charge in [0, 0.05) is 28.8 Å². The van der Waals surface area contributed by atoms with E-state index in [1.54, 1.807) is 0 Å². The topological polar surface area (TPSA) is 108 Å². The number of aliphatic carboxylic acids is 1. The molecule has 2 heterocycles. The lowest BCUT2D eigenvalue weighted by atomic mass is 9.95. The van der Waals surface area contributed by atoms with Gasteiger partial charge >= 0.3 is 18.3 Å². The van der Waals surface area contributed by atoms with Crippen LogP contribution in [0.15, 0.2) is 46.2 Å². The molecule has 0 bridgehead atoms. The number of hydrogen-bond donors (Lipinski definition) is 4. The number of halogens is 6. The third kappa shape index (κ3) is 7.52. The van der Waals surface area contributed by atoms with Gasteiger partial charge in [0.05, 0.1) is 22.6 Å². The van der Waals surface area contributed by atoms with Gasteiger partial charge in [0.15, 0.2) is 0 Å². The minimum absolute atomic E-state index is 0.163. The van der Waals surface area contributed by atoms with Gasteiger partial charge in [0.2, 0.25) is 5.91 Å². The Bertz CT molecular complexity index is 1130. The van der Waals surface area contributed by atoms with Crippen LogP contribution < -0.4 is 16.4 Å². The van der Waals surface area contributed by atoms with Crippen LogP contribution in [0.5, 0.6) is 0 Å². The van der Waals surface area contributed by atoms with Crippen molar-refractivity contribution in [3.8, 4) is 0 Å². The highest BCUT2D eigenvalue weighted by Crippen LogP contribution is 2.49. The molecule has 0 radical (unpaired) electrons. The Balaban J connectivity index is 0.000000479. The van der Waals surface area contributed by atoms with Crippen molar-refractivity contribution in [3.63, 3.8) is 0 Å². The number of carbonyl (C=O) groups excluding carboxylic acids is 1. The molecule has 1 saturated heterocycles. The van der Waals surface area contributed by atoms with Crippen molar-refractivity contribution in [3.05, 3.63) is 42.0 Å². The van der Waals surface area contributed by atoms with Gasteiger partial charge in [-0.15, -0.1) is 0 Å². The van der Waals surface area contributed by atoms with Gasteiger partial charge in [0.25, 0.3) is 0 Å². The lowest BCUT2D eigenvalue weighted by Gasteiger charge is -2.31. The van der Waals surface area contributed by atoms with Crippen LogP contribution in [0.2, 0.25) is 0 Å². The summed E-state index contributed by atoms with van der Waals surface area (Å²) in [4.78, 5) is 25.2. The number of nitrogens with one attached hydrogen (secondary N) is 2. The highest BCUT2D eigenvalue weighted by molar-refractivity contribution is 7.99. The molecule has 5 N–H and O–H groups in total. The fourth-order valence-corrected chi connectivity index (χ4v) is 4.90. The Morgan fingerprint density at radius 2 is 1.70 bits per heavy atom. The fourth-order valence-electron chi connectivity index (χ4n) is 3.84. The molecule has 2 aromatic rings. The van der Waals surface area contributed by atoms with Crippen molar-refractivity contribution in [1.82, 2.24) is 4.90 Å². The van der Waals surface area contributed by atoms with Gasteiger partial charge in [-0.05, 0) is 50.2 Å². The molecular weight excluding hydrogens is 526 g/mol. The van der Waals surface area contributed by atoms with Crippen LogP contribution in [-0.2, 0) is 15.8 Å². The Hall–Kier alpha value is -2.97. The molecule has 2 aliphatic heterocycles. The number of carbonyl (C=O) groups is 2. The first-order valence-corrected chi connectivity index (χ1v) is 11.9. The molecule has 7 nitrogen and oxygen atoms in total. The summed E-state index contributed by atoms with van der Waals surface area (Å²) in [7, 11) is 0. The second kappa shape index (κ2) is 11.6. The van der Waals surface area contributed by atoms with Crippen LogP contribution in [0.3, 0.4) is 0 Å². The summed E-state index contributed by atoms with van der Waals surface area (Å²) >= 11 is 1.26. The number of amides is 1. The number of nitrogens with two attached hydrogens (primary N) is 1. The van der Waals surface area contributed by atoms with E-state index in [2.05, 4.69) is 15.5 Å². The molecule has 1 amide bonds. The quantitative estimate of drug-likeness (QED) is 0.333. The van der Waals surface area contributed by atoms with Crippen LogP contribution in [0, 0.1) is 5.92 Å². The molecule has 1 fully saturated rings. The number of benzene rings is 2. The van der Waals surface area contributed by atoms with Gasteiger partial charge in [-0.25, -0.2) is 4.79 Å². The van der Waals surface area contributed by atoms with Crippen molar-refractivity contribution in [2.24, 2.45) is 11.7 Å². The van der Waals surface area contributed by atoms with E-state index in [4.69, 9.17) is 15.6 Å². The van der Waals surface area contributed by atoms with Gasteiger partial charge in [-0.1, -0.05) is 23.9 Å². The first kappa shape index (κ1) is 28.6. The average molecular weight is 551 g/mol. The highest BCUT2D eigenvalue weighted by atomic mass is 32.2. The standard InChI is InChI=1S/C21H23F3N4OS.C2HF3O2/c22-21(23,24)14-11-16(27-20(29)13-5-8-28(9-6-13)10-7-25)19-18(12-14)30-17-4-2-1-3-15(17)26-19;3-2(4,5)1(6)7/h1-4,11-13,26H,5-10,25H2,(H,27,29);(H,6,7). The predicted molar refractivity (Wildman–Crippen MR) is 126 cm³/mol. The molecule has 0 aliphatic carbocycles. The SMILES string of the molecule is NCCN1CCC(C(=O)Nc2cc(C(F)(F)F)cc3c2Nc2ccccc2S3)CC1.O=C(O)C(F)(F)F. The number of hydrogen-bond acceptors (Lipinski definition) is 6. The summed E-state index contributed by atoms with van der Waals surface area (Å²) in [5, 5.41) is 13.1. The number of fused-ring (bicyclic) bond motifs is 2. The van der Waals surface area contributed by atoms with Crippen LogP contribution in [0.1, 0.15) is 18.4 Å². The van der Waals surface area contributed by atoms with Crippen LogP contribution in [0.25, 0.3) is 0 Å². The summed E-state index contributed by atoms with van der Waals surface area (Å²) in [5.41, 5.74) is 6.28. The molecule has 0 saturated carbocycles. The molecule has 202 valence electrons. The third-order valence-electron chi connectivity index (χ3n) is 5.70. The maximum Gasteiger partial charge on any atom is 0.490 e. The van der Waals surface area contributed by atoms with Crippen molar-refractivity contribution in [2.75, 3.05) is 36.8 Å². The smallest absolute Gasteiger partial charge is 0.475 e. The Morgan fingerprint density at radius 1 is 1.08 bits per heavy atom. The Kier molecular flexibility index (Phi) is 8.97. The third-order valence-corrected chi connectivity index (χ3v) is 6.82. The largest absolute Gasteiger partial charge is 0.490 e. The molecule has 14 heteroatoms. The van der Waals surface area contributed by atoms with Crippen molar-refractivity contribution in [2.45, 2.75) is 35.0 Å². The number of nitrogens with zero attached hydrogens (tertiary/aromatic N) is 1. The maximum absolute atomic E-state index is 13.5. The van der Waals surface area contributed by atoms with Crippen LogP contribution in [-0.4, -0.2) is 54.2 Å². The van der Waals surface area contributed by atoms with Crippen molar-refractivity contribution in [1.29, 1.82) is 0 Å². The summed E-state index contributed by atoms with van der Waals surface area (Å²) in [5.74, 6) is -3.23. The molecule has 4 rings (SSSR count). The number of alkyl halides is 6. The number of rotatable bonds is 4. The van der Waals surface area contributed by atoms with E-state index in [1.165, 1.54) is 11.8 Å². The van der Waals surface area contributed by atoms with Crippen LogP contribution >= 0.6 is 11.8 Å². The van der Waals surface area contributed by atoms with E-state index in [0.717, 1.165) is 42.3 Å². The molecule has 0 atom stereocenters. The molecule has 0 spiro atoms. The minimum Gasteiger partial charge on any atom is -0.475 e. The Morgan fingerprint density at radius 3 is 2.27 bits per heavy atom. The molecule has 0 aromatic heterocycles. The van der Waals surface area contributed by atoms with E-state index < -0.39 is 23.9 Å². The zero-order valence-electron chi connectivity index (χ0n) is 19.2. The first-order valence-electron chi connectivity index (χ1n) is 11.1. The monoisotopic (exact) mass is 550 g/mol.